The molecule has 3 unspecified atom stereocenters. The van der Waals surface area contributed by atoms with Crippen molar-refractivity contribution in [2.24, 2.45) is 0 Å². The van der Waals surface area contributed by atoms with Gasteiger partial charge in [0.1, 0.15) is 18.3 Å². The van der Waals surface area contributed by atoms with Crippen LogP contribution in [0.4, 0.5) is 0 Å². The molecule has 12 heteroatoms. The van der Waals surface area contributed by atoms with Crippen LogP contribution in [0, 0.1) is 11.3 Å². The summed E-state index contributed by atoms with van der Waals surface area (Å²) in [4.78, 5) is 28.2. The van der Waals surface area contributed by atoms with Crippen LogP contribution in [-0.2, 0) is 18.5 Å². The Balaban J connectivity index is 2.42. The Kier molecular flexibility index (Phi) is 10.6. The number of H-pyrrole nitrogens is 1. The van der Waals surface area contributed by atoms with E-state index in [1.807, 2.05) is 19.0 Å². The maximum atomic E-state index is 12.5. The number of aromatic nitrogens is 2. The zero-order chi connectivity index (χ0) is 24.7. The van der Waals surface area contributed by atoms with Gasteiger partial charge < -0.3 is 23.4 Å². The molecule has 1 aliphatic rings. The molecule has 33 heavy (non-hydrogen) atoms. The first-order chi connectivity index (χ1) is 15.6. The fourth-order valence-corrected chi connectivity index (χ4v) is 5.61. The average Bonchev–Trinajstić information content (AvgIpc) is 3.03. The highest BCUT2D eigenvalue weighted by Crippen LogP contribution is 2.50. The monoisotopic (exact) mass is 485 g/mol. The summed E-state index contributed by atoms with van der Waals surface area (Å²) in [5.41, 5.74) is -1.07. The van der Waals surface area contributed by atoms with E-state index in [0.717, 1.165) is 0 Å². The Morgan fingerprint density at radius 3 is 2.42 bits per heavy atom. The van der Waals surface area contributed by atoms with E-state index >= 15 is 0 Å². The van der Waals surface area contributed by atoms with Crippen molar-refractivity contribution in [2.45, 2.75) is 70.7 Å². The Hall–Kier alpha value is -1.64. The van der Waals surface area contributed by atoms with Crippen LogP contribution in [0.5, 0.6) is 0 Å². The molecule has 1 aromatic rings. The Morgan fingerprint density at radius 1 is 1.24 bits per heavy atom. The second kappa shape index (κ2) is 12.7. The smallest absolute Gasteiger partial charge is 0.330 e. The van der Waals surface area contributed by atoms with Gasteiger partial charge in [-0.05, 0) is 41.8 Å². The van der Waals surface area contributed by atoms with Gasteiger partial charge in [0.25, 0.3) is 14.1 Å². The summed E-state index contributed by atoms with van der Waals surface area (Å²) < 4.78 is 28.1. The molecule has 0 saturated carbocycles. The number of nitrogens with one attached hydrogen (secondary N) is 1. The minimum absolute atomic E-state index is 0.131. The summed E-state index contributed by atoms with van der Waals surface area (Å²) in [6, 6.07) is 3.63. The molecular formula is C21H36N5O6P. The Bertz CT molecular complexity index is 890. The average molecular weight is 486 g/mol. The van der Waals surface area contributed by atoms with Gasteiger partial charge in [-0.1, -0.05) is 0 Å². The molecule has 2 heterocycles. The number of hydrogen-bond acceptors (Lipinski definition) is 9. The first kappa shape index (κ1) is 27.6. The topological polar surface area (TPSA) is 122 Å². The van der Waals surface area contributed by atoms with Gasteiger partial charge in [-0.3, -0.25) is 14.3 Å². The highest BCUT2D eigenvalue weighted by atomic mass is 31.2. The quantitative estimate of drug-likeness (QED) is 0.348. The summed E-state index contributed by atoms with van der Waals surface area (Å²) in [6.07, 6.45) is -0.777. The van der Waals surface area contributed by atoms with E-state index < -0.39 is 44.3 Å². The van der Waals surface area contributed by atoms with E-state index in [1.54, 1.807) is 0 Å². The maximum Gasteiger partial charge on any atom is 0.330 e. The normalized spacial score (nSPS) is 24.2. The fraction of sp³-hybridized carbons (Fsp3) is 0.762. The molecule has 1 aliphatic heterocycles. The number of aromatic amines is 1. The molecule has 5 atom stereocenters. The van der Waals surface area contributed by atoms with Crippen LogP contribution in [0.3, 0.4) is 0 Å². The number of likely N-dealkylation sites (N-methyl/N-ethyl adjacent to an activating group) is 1. The van der Waals surface area contributed by atoms with Crippen LogP contribution in [0.1, 0.15) is 40.3 Å². The van der Waals surface area contributed by atoms with Crippen LogP contribution >= 0.6 is 8.53 Å². The number of nitriles is 1. The first-order valence-corrected chi connectivity index (χ1v) is 12.1. The van der Waals surface area contributed by atoms with Gasteiger partial charge in [-0.15, -0.1) is 0 Å². The van der Waals surface area contributed by atoms with Gasteiger partial charge in [0.05, 0.1) is 19.1 Å². The second-order valence-electron chi connectivity index (χ2n) is 8.66. The van der Waals surface area contributed by atoms with Crippen LogP contribution < -0.4 is 11.2 Å². The third-order valence-electron chi connectivity index (χ3n) is 5.10. The lowest BCUT2D eigenvalue weighted by Gasteiger charge is -2.38. The van der Waals surface area contributed by atoms with E-state index in [2.05, 4.69) is 43.4 Å². The van der Waals surface area contributed by atoms with E-state index in [1.165, 1.54) is 23.9 Å². The zero-order valence-corrected chi connectivity index (χ0v) is 21.3. The molecule has 186 valence electrons. The highest BCUT2D eigenvalue weighted by Gasteiger charge is 2.49. The summed E-state index contributed by atoms with van der Waals surface area (Å²) in [5.74, 6) is 0. The van der Waals surface area contributed by atoms with Crippen molar-refractivity contribution < 1.29 is 18.5 Å². The highest BCUT2D eigenvalue weighted by molar-refractivity contribution is 7.44. The predicted molar refractivity (Wildman–Crippen MR) is 125 cm³/mol. The van der Waals surface area contributed by atoms with Crippen molar-refractivity contribution in [3.8, 4) is 6.07 Å². The Morgan fingerprint density at radius 2 is 1.91 bits per heavy atom. The van der Waals surface area contributed by atoms with E-state index in [-0.39, 0.29) is 25.1 Å². The van der Waals surface area contributed by atoms with Gasteiger partial charge in [-0.2, -0.15) is 5.26 Å². The van der Waals surface area contributed by atoms with Gasteiger partial charge in [0, 0.05) is 38.0 Å². The van der Waals surface area contributed by atoms with Crippen molar-refractivity contribution in [1.29, 1.82) is 5.26 Å². The minimum atomic E-state index is -1.55. The van der Waals surface area contributed by atoms with Gasteiger partial charge in [-0.25, -0.2) is 9.46 Å². The lowest BCUT2D eigenvalue weighted by atomic mass is 10.1. The fourth-order valence-electron chi connectivity index (χ4n) is 3.84. The lowest BCUT2D eigenvalue weighted by Crippen LogP contribution is -2.43. The van der Waals surface area contributed by atoms with Crippen LogP contribution in [-0.4, -0.2) is 83.9 Å². The number of hydrogen-bond donors (Lipinski definition) is 1. The minimum Gasteiger partial charge on any atom is -0.374 e. The standard InChI is InChI=1S/C21H36N5O6P/c1-14(2)26(15(3)4)33(30-12-8-10-22)32-18-16(13-24(5)6)31-20(19(18)29-7)25-11-9-17(27)23-21(25)28/h9,11,14-16,18-20H,8,12-13H2,1-7H3,(H,23,27,28)/t16-,18?,19?,20-,33?/m1/s1. The molecule has 0 bridgehead atoms. The SMILES string of the molecule is COC1C(OP(OCCC#N)N(C(C)C)C(C)C)[C@@H](CN(C)C)O[C@H]1n1ccc(=O)[nH]c1=O. The van der Waals surface area contributed by atoms with E-state index in [0.29, 0.717) is 6.54 Å². The number of ether oxygens (including phenoxy) is 2. The summed E-state index contributed by atoms with van der Waals surface area (Å²) >= 11 is 0. The summed E-state index contributed by atoms with van der Waals surface area (Å²) in [7, 11) is 3.82. The summed E-state index contributed by atoms with van der Waals surface area (Å²) in [5, 5.41) is 8.97. The van der Waals surface area contributed by atoms with Crippen molar-refractivity contribution >= 4 is 8.53 Å². The van der Waals surface area contributed by atoms with E-state index in [4.69, 9.17) is 23.8 Å². The number of rotatable bonds is 12. The maximum absolute atomic E-state index is 12.5. The first-order valence-electron chi connectivity index (χ1n) is 11.0. The zero-order valence-electron chi connectivity index (χ0n) is 20.4. The third kappa shape index (κ3) is 7.17. The third-order valence-corrected chi connectivity index (χ3v) is 7.23. The van der Waals surface area contributed by atoms with Gasteiger partial charge in [0.15, 0.2) is 6.23 Å². The molecule has 0 radical (unpaired) electrons. The molecule has 1 saturated heterocycles. The predicted octanol–water partition coefficient (Wildman–Crippen LogP) is 1.67. The molecular weight excluding hydrogens is 449 g/mol. The second-order valence-corrected chi connectivity index (χ2v) is 10.1. The molecule has 0 amide bonds. The number of nitrogens with zero attached hydrogens (tertiary/aromatic N) is 4. The molecule has 11 nitrogen and oxygen atoms in total. The van der Waals surface area contributed by atoms with Crippen LogP contribution in [0.2, 0.25) is 0 Å². The molecule has 2 rings (SSSR count). The van der Waals surface area contributed by atoms with Crippen LogP contribution in [0.15, 0.2) is 21.9 Å². The molecule has 1 aromatic heterocycles. The molecule has 1 N–H and O–H groups in total. The molecule has 1 fully saturated rings. The lowest BCUT2D eigenvalue weighted by molar-refractivity contribution is -0.0564. The molecule has 0 spiro atoms. The molecule has 0 aromatic carbocycles. The van der Waals surface area contributed by atoms with Gasteiger partial charge >= 0.3 is 5.69 Å². The van der Waals surface area contributed by atoms with Crippen molar-refractivity contribution in [2.75, 3.05) is 34.4 Å². The van der Waals surface area contributed by atoms with Gasteiger partial charge in [0.2, 0.25) is 0 Å². The molecule has 0 aliphatic carbocycles. The van der Waals surface area contributed by atoms with Crippen molar-refractivity contribution in [1.82, 2.24) is 19.1 Å². The summed E-state index contributed by atoms with van der Waals surface area (Å²) in [6.45, 7) is 9.00. The Labute approximate surface area is 196 Å². The van der Waals surface area contributed by atoms with Crippen LogP contribution in [0.25, 0.3) is 0 Å². The van der Waals surface area contributed by atoms with E-state index in [9.17, 15) is 9.59 Å². The number of methoxy groups -OCH3 is 1. The van der Waals surface area contributed by atoms with Crippen molar-refractivity contribution in [3.05, 3.63) is 33.1 Å². The largest absolute Gasteiger partial charge is 0.374 e. The van der Waals surface area contributed by atoms with Crippen molar-refractivity contribution in [3.63, 3.8) is 0 Å².